The van der Waals surface area contributed by atoms with Gasteiger partial charge in [0.05, 0.1) is 0 Å². The molecule has 2 bridgehead atoms. The van der Waals surface area contributed by atoms with E-state index in [9.17, 15) is 0 Å². The highest BCUT2D eigenvalue weighted by Gasteiger charge is 2.39. The molecule has 2 fully saturated rings. The summed E-state index contributed by atoms with van der Waals surface area (Å²) in [6.07, 6.45) is 6.91. The van der Waals surface area contributed by atoms with E-state index in [4.69, 9.17) is 5.73 Å². The van der Waals surface area contributed by atoms with Gasteiger partial charge in [0, 0.05) is 12.1 Å². The summed E-state index contributed by atoms with van der Waals surface area (Å²) < 4.78 is 0. The van der Waals surface area contributed by atoms with Gasteiger partial charge in [-0.3, -0.25) is 4.90 Å². The minimum atomic E-state index is 0.825. The SMILES string of the molecule is CCCN1C2CCC1CC(CN)C2. The molecule has 2 unspecified atom stereocenters. The van der Waals surface area contributed by atoms with E-state index in [1.165, 1.54) is 38.6 Å². The number of nitrogens with two attached hydrogens (primary N) is 1. The molecule has 2 aliphatic rings. The molecule has 2 N–H and O–H groups in total. The van der Waals surface area contributed by atoms with Crippen molar-refractivity contribution in [2.75, 3.05) is 13.1 Å². The second-order valence-electron chi connectivity index (χ2n) is 4.70. The first-order chi connectivity index (χ1) is 6.35. The van der Waals surface area contributed by atoms with Gasteiger partial charge in [-0.1, -0.05) is 6.92 Å². The lowest BCUT2D eigenvalue weighted by atomic mass is 9.91. The van der Waals surface area contributed by atoms with Crippen molar-refractivity contribution in [1.29, 1.82) is 0 Å². The van der Waals surface area contributed by atoms with Crippen LogP contribution in [0.3, 0.4) is 0 Å². The third kappa shape index (κ3) is 1.75. The molecule has 0 radical (unpaired) electrons. The summed E-state index contributed by atoms with van der Waals surface area (Å²) in [5, 5.41) is 0. The van der Waals surface area contributed by atoms with Crippen LogP contribution in [0.2, 0.25) is 0 Å². The average Bonchev–Trinajstić information content (AvgIpc) is 2.39. The summed E-state index contributed by atoms with van der Waals surface area (Å²) in [4.78, 5) is 2.74. The fourth-order valence-electron chi connectivity index (χ4n) is 3.20. The van der Waals surface area contributed by atoms with Gasteiger partial charge in [-0.2, -0.15) is 0 Å². The fourth-order valence-corrected chi connectivity index (χ4v) is 3.20. The molecular formula is C11H22N2. The van der Waals surface area contributed by atoms with E-state index in [0.717, 1.165) is 24.5 Å². The standard InChI is InChI=1S/C11H22N2/c1-2-5-13-10-3-4-11(13)7-9(6-10)8-12/h9-11H,2-8,12H2,1H3. The molecule has 0 spiro atoms. The Hall–Kier alpha value is -0.0800. The van der Waals surface area contributed by atoms with Crippen LogP contribution in [0.5, 0.6) is 0 Å². The van der Waals surface area contributed by atoms with Crippen molar-refractivity contribution in [3.63, 3.8) is 0 Å². The summed E-state index contributed by atoms with van der Waals surface area (Å²) in [7, 11) is 0. The largest absolute Gasteiger partial charge is 0.330 e. The highest BCUT2D eigenvalue weighted by atomic mass is 15.2. The van der Waals surface area contributed by atoms with E-state index < -0.39 is 0 Å². The van der Waals surface area contributed by atoms with Crippen LogP contribution < -0.4 is 5.73 Å². The molecule has 0 aromatic carbocycles. The van der Waals surface area contributed by atoms with Crippen LogP contribution in [-0.2, 0) is 0 Å². The summed E-state index contributed by atoms with van der Waals surface area (Å²) in [5.74, 6) is 0.825. The fraction of sp³-hybridized carbons (Fsp3) is 1.00. The van der Waals surface area contributed by atoms with Gasteiger partial charge in [0.2, 0.25) is 0 Å². The Morgan fingerprint density at radius 3 is 2.31 bits per heavy atom. The van der Waals surface area contributed by atoms with Crippen LogP contribution >= 0.6 is 0 Å². The molecule has 0 aromatic rings. The van der Waals surface area contributed by atoms with Crippen LogP contribution in [0.15, 0.2) is 0 Å². The number of hydrogen-bond acceptors (Lipinski definition) is 2. The monoisotopic (exact) mass is 182 g/mol. The third-order valence-electron chi connectivity index (χ3n) is 3.80. The summed E-state index contributed by atoms with van der Waals surface area (Å²) in [6, 6.07) is 1.76. The minimum absolute atomic E-state index is 0.825. The molecule has 76 valence electrons. The van der Waals surface area contributed by atoms with Gasteiger partial charge >= 0.3 is 0 Å². The molecule has 2 nitrogen and oxygen atoms in total. The second-order valence-corrected chi connectivity index (χ2v) is 4.70. The second kappa shape index (κ2) is 3.97. The Bertz CT molecular complexity index is 155. The summed E-state index contributed by atoms with van der Waals surface area (Å²) in [6.45, 7) is 4.51. The quantitative estimate of drug-likeness (QED) is 0.718. The lowest BCUT2D eigenvalue weighted by Gasteiger charge is -2.38. The first-order valence-electron chi connectivity index (χ1n) is 5.81. The van der Waals surface area contributed by atoms with Crippen LogP contribution in [0.4, 0.5) is 0 Å². The number of nitrogens with zero attached hydrogens (tertiary/aromatic N) is 1. The van der Waals surface area contributed by atoms with Crippen molar-refractivity contribution in [1.82, 2.24) is 4.90 Å². The van der Waals surface area contributed by atoms with Crippen molar-refractivity contribution in [2.24, 2.45) is 11.7 Å². The molecule has 2 heterocycles. The zero-order valence-electron chi connectivity index (χ0n) is 8.71. The molecule has 2 rings (SSSR count). The van der Waals surface area contributed by atoms with Gasteiger partial charge < -0.3 is 5.73 Å². The van der Waals surface area contributed by atoms with E-state index in [1.54, 1.807) is 0 Å². The van der Waals surface area contributed by atoms with Gasteiger partial charge in [-0.15, -0.1) is 0 Å². The molecule has 2 atom stereocenters. The van der Waals surface area contributed by atoms with E-state index in [2.05, 4.69) is 11.8 Å². The van der Waals surface area contributed by atoms with E-state index in [0.29, 0.717) is 0 Å². The lowest BCUT2D eigenvalue weighted by molar-refractivity contribution is 0.107. The van der Waals surface area contributed by atoms with Crippen molar-refractivity contribution in [3.8, 4) is 0 Å². The van der Waals surface area contributed by atoms with Crippen LogP contribution in [0.25, 0.3) is 0 Å². The number of fused-ring (bicyclic) bond motifs is 2. The maximum Gasteiger partial charge on any atom is 0.0102 e. The molecule has 0 amide bonds. The predicted octanol–water partition coefficient (Wildman–Crippen LogP) is 1.60. The van der Waals surface area contributed by atoms with E-state index in [-0.39, 0.29) is 0 Å². The minimum Gasteiger partial charge on any atom is -0.330 e. The Kier molecular flexibility index (Phi) is 2.89. The zero-order valence-corrected chi connectivity index (χ0v) is 8.71. The Morgan fingerprint density at radius 2 is 1.85 bits per heavy atom. The molecular weight excluding hydrogens is 160 g/mol. The lowest BCUT2D eigenvalue weighted by Crippen LogP contribution is -2.44. The molecule has 2 heteroatoms. The van der Waals surface area contributed by atoms with Crippen molar-refractivity contribution in [3.05, 3.63) is 0 Å². The Labute approximate surface area is 81.5 Å². The topological polar surface area (TPSA) is 29.3 Å². The van der Waals surface area contributed by atoms with Crippen LogP contribution in [-0.4, -0.2) is 30.1 Å². The Morgan fingerprint density at radius 1 is 1.23 bits per heavy atom. The first kappa shape index (κ1) is 9.47. The molecule has 0 aromatic heterocycles. The zero-order chi connectivity index (χ0) is 9.26. The summed E-state index contributed by atoms with van der Waals surface area (Å²) in [5.41, 5.74) is 5.76. The highest BCUT2D eigenvalue weighted by molar-refractivity contribution is 4.94. The van der Waals surface area contributed by atoms with Crippen LogP contribution in [0, 0.1) is 5.92 Å². The van der Waals surface area contributed by atoms with Gasteiger partial charge in [0.1, 0.15) is 0 Å². The van der Waals surface area contributed by atoms with Crippen molar-refractivity contribution in [2.45, 2.75) is 51.1 Å². The smallest absolute Gasteiger partial charge is 0.0102 e. The van der Waals surface area contributed by atoms with Crippen LogP contribution in [0.1, 0.15) is 39.0 Å². The van der Waals surface area contributed by atoms with E-state index in [1.807, 2.05) is 0 Å². The van der Waals surface area contributed by atoms with E-state index >= 15 is 0 Å². The molecule has 2 aliphatic heterocycles. The number of piperidine rings is 1. The molecule has 0 aliphatic carbocycles. The average molecular weight is 182 g/mol. The molecule has 13 heavy (non-hydrogen) atoms. The highest BCUT2D eigenvalue weighted by Crippen LogP contribution is 2.38. The van der Waals surface area contributed by atoms with Gasteiger partial charge in [-0.05, 0) is 51.1 Å². The normalized spacial score (nSPS) is 39.7. The first-order valence-corrected chi connectivity index (χ1v) is 5.81. The predicted molar refractivity (Wildman–Crippen MR) is 55.6 cm³/mol. The maximum atomic E-state index is 5.76. The molecule has 0 saturated carbocycles. The Balaban J connectivity index is 1.96. The van der Waals surface area contributed by atoms with Gasteiger partial charge in [0.15, 0.2) is 0 Å². The number of rotatable bonds is 3. The van der Waals surface area contributed by atoms with Gasteiger partial charge in [-0.25, -0.2) is 0 Å². The summed E-state index contributed by atoms with van der Waals surface area (Å²) >= 11 is 0. The molecule has 2 saturated heterocycles. The third-order valence-corrected chi connectivity index (χ3v) is 3.80. The van der Waals surface area contributed by atoms with Gasteiger partial charge in [0.25, 0.3) is 0 Å². The number of hydrogen-bond donors (Lipinski definition) is 1. The van der Waals surface area contributed by atoms with Crippen molar-refractivity contribution < 1.29 is 0 Å². The maximum absolute atomic E-state index is 5.76. The van der Waals surface area contributed by atoms with Crippen molar-refractivity contribution >= 4 is 0 Å².